The predicted octanol–water partition coefficient (Wildman–Crippen LogP) is -1.80. The predicted molar refractivity (Wildman–Crippen MR) is 87.2 cm³/mol. The van der Waals surface area contributed by atoms with Gasteiger partial charge in [-0.25, -0.2) is 0 Å². The van der Waals surface area contributed by atoms with Crippen LogP contribution in [0.5, 0.6) is 0 Å². The minimum atomic E-state index is -1.47. The molecule has 7 N–H and O–H groups in total. The van der Waals surface area contributed by atoms with Gasteiger partial charge in [0.15, 0.2) is 6.29 Å². The Balaban J connectivity index is 0.00000529. The van der Waals surface area contributed by atoms with Crippen LogP contribution < -0.4 is 11.1 Å². The average molecular weight is 373 g/mol. The van der Waals surface area contributed by atoms with E-state index in [-0.39, 0.29) is 19.0 Å². The molecular weight excluding hydrogens is 344 g/mol. The Bertz CT molecular complexity index is 377. The molecular formula is C14H29ClN2O7. The van der Waals surface area contributed by atoms with Crippen molar-refractivity contribution in [3.05, 3.63) is 0 Å². The van der Waals surface area contributed by atoms with Crippen LogP contribution in [0, 0.1) is 0 Å². The number of carbonyl (C=O) groups is 1. The summed E-state index contributed by atoms with van der Waals surface area (Å²) in [5, 5.41) is 42.4. The number of ether oxygens (including phenoxy) is 2. The quantitative estimate of drug-likeness (QED) is 0.214. The molecule has 0 bridgehead atoms. The summed E-state index contributed by atoms with van der Waals surface area (Å²) >= 11 is 0. The highest BCUT2D eigenvalue weighted by molar-refractivity contribution is 5.85. The van der Waals surface area contributed by atoms with Crippen molar-refractivity contribution in [2.75, 3.05) is 6.61 Å². The topological polar surface area (TPSA) is 154 Å². The zero-order valence-electron chi connectivity index (χ0n) is 13.9. The normalized spacial score (nSPS) is 32.5. The Labute approximate surface area is 147 Å². The van der Waals surface area contributed by atoms with Crippen molar-refractivity contribution in [2.45, 2.75) is 76.0 Å². The minimum absolute atomic E-state index is 0. The molecule has 9 nitrogen and oxygen atoms in total. The van der Waals surface area contributed by atoms with Crippen molar-refractivity contribution in [3.8, 4) is 0 Å². The van der Waals surface area contributed by atoms with Crippen LogP contribution in [0.4, 0.5) is 0 Å². The molecule has 144 valence electrons. The maximum absolute atomic E-state index is 11.5. The number of carbonyl (C=O) groups excluding carboxylic acids is 1. The van der Waals surface area contributed by atoms with Gasteiger partial charge >= 0.3 is 5.97 Å². The van der Waals surface area contributed by atoms with Gasteiger partial charge in [-0.15, -0.1) is 12.4 Å². The van der Waals surface area contributed by atoms with Crippen LogP contribution in [-0.2, 0) is 14.3 Å². The van der Waals surface area contributed by atoms with Gasteiger partial charge in [0.25, 0.3) is 0 Å². The van der Waals surface area contributed by atoms with E-state index in [4.69, 9.17) is 15.2 Å². The molecule has 7 atom stereocenters. The second-order valence-corrected chi connectivity index (χ2v) is 5.69. The second-order valence-electron chi connectivity index (χ2n) is 5.69. The van der Waals surface area contributed by atoms with Gasteiger partial charge < -0.3 is 35.6 Å². The fourth-order valence-electron chi connectivity index (χ4n) is 2.28. The number of aliphatic hydroxyl groups is 4. The Morgan fingerprint density at radius 1 is 1.29 bits per heavy atom. The van der Waals surface area contributed by atoms with Crippen molar-refractivity contribution in [3.63, 3.8) is 0 Å². The molecule has 1 rings (SSSR count). The van der Waals surface area contributed by atoms with E-state index in [2.05, 4.69) is 5.32 Å². The standard InChI is InChI=1S/C14H28N2O7.ClH/c1-3-5-9(17)16-10-12(19)11(18)8(23-14(10)21)6-22-13(20)7(15)4-2;/h7-12,14,16-19,21H,3-6,15H2,1-2H3;1H/t7-,8+,9?,10+,11+,12+,14?;/m0./s1. The summed E-state index contributed by atoms with van der Waals surface area (Å²) in [7, 11) is 0. The first-order valence-electron chi connectivity index (χ1n) is 7.87. The Morgan fingerprint density at radius 2 is 1.92 bits per heavy atom. The first-order chi connectivity index (χ1) is 10.8. The van der Waals surface area contributed by atoms with Gasteiger partial charge in [-0.05, 0) is 12.8 Å². The molecule has 0 aliphatic carbocycles. The summed E-state index contributed by atoms with van der Waals surface area (Å²) < 4.78 is 10.1. The van der Waals surface area contributed by atoms with Gasteiger partial charge in [-0.2, -0.15) is 0 Å². The summed E-state index contributed by atoms with van der Waals surface area (Å²) in [4.78, 5) is 11.5. The average Bonchev–Trinajstić information content (AvgIpc) is 2.52. The second kappa shape index (κ2) is 11.2. The van der Waals surface area contributed by atoms with Gasteiger partial charge in [0.1, 0.15) is 37.2 Å². The highest BCUT2D eigenvalue weighted by Crippen LogP contribution is 2.21. The lowest BCUT2D eigenvalue weighted by atomic mass is 9.96. The molecule has 0 spiro atoms. The van der Waals surface area contributed by atoms with Crippen LogP contribution in [0.2, 0.25) is 0 Å². The van der Waals surface area contributed by atoms with Crippen molar-refractivity contribution in [1.82, 2.24) is 5.32 Å². The number of aliphatic hydroxyl groups excluding tert-OH is 4. The fourth-order valence-corrected chi connectivity index (χ4v) is 2.28. The summed E-state index contributed by atoms with van der Waals surface area (Å²) in [6, 6.07) is -1.83. The van der Waals surface area contributed by atoms with E-state index in [9.17, 15) is 25.2 Å². The SMILES string of the molecule is CCCC(O)N[C@H]1C(O)O[C@H](COC(=O)[C@@H](N)CC)[C@@H](O)[C@@H]1O.Cl. The first-order valence-corrected chi connectivity index (χ1v) is 7.87. The molecule has 1 fully saturated rings. The highest BCUT2D eigenvalue weighted by atomic mass is 35.5. The molecule has 0 amide bonds. The third-order valence-electron chi connectivity index (χ3n) is 3.80. The maximum Gasteiger partial charge on any atom is 0.322 e. The van der Waals surface area contributed by atoms with Crippen LogP contribution >= 0.6 is 12.4 Å². The number of hydrogen-bond acceptors (Lipinski definition) is 9. The summed E-state index contributed by atoms with van der Waals surface area (Å²) in [5.74, 6) is -0.647. The largest absolute Gasteiger partial charge is 0.462 e. The lowest BCUT2D eigenvalue weighted by molar-refractivity contribution is -0.260. The van der Waals surface area contributed by atoms with Crippen LogP contribution in [0.15, 0.2) is 0 Å². The van der Waals surface area contributed by atoms with E-state index in [1.165, 1.54) is 0 Å². The van der Waals surface area contributed by atoms with Crippen LogP contribution in [0.3, 0.4) is 0 Å². The van der Waals surface area contributed by atoms with Gasteiger partial charge in [-0.1, -0.05) is 20.3 Å². The lowest BCUT2D eigenvalue weighted by Crippen LogP contribution is -2.64. The number of nitrogens with one attached hydrogen (secondary N) is 1. The molecule has 1 aliphatic heterocycles. The first kappa shape index (κ1) is 23.5. The molecule has 1 aliphatic rings. The van der Waals surface area contributed by atoms with Gasteiger partial charge in [0.2, 0.25) is 0 Å². The lowest BCUT2D eigenvalue weighted by Gasteiger charge is -2.41. The summed E-state index contributed by atoms with van der Waals surface area (Å²) in [6.07, 6.45) is -4.77. The molecule has 24 heavy (non-hydrogen) atoms. The fraction of sp³-hybridized carbons (Fsp3) is 0.929. The molecule has 0 saturated carbocycles. The maximum atomic E-state index is 11.5. The molecule has 1 saturated heterocycles. The summed E-state index contributed by atoms with van der Waals surface area (Å²) in [6.45, 7) is 3.25. The van der Waals surface area contributed by atoms with Crippen LogP contribution in [0.1, 0.15) is 33.1 Å². The molecule has 0 aromatic rings. The van der Waals surface area contributed by atoms with E-state index in [0.29, 0.717) is 19.3 Å². The third-order valence-corrected chi connectivity index (χ3v) is 3.80. The van der Waals surface area contributed by atoms with Gasteiger partial charge in [0.05, 0.1) is 6.04 Å². The number of hydrogen-bond donors (Lipinski definition) is 6. The number of halogens is 1. The third kappa shape index (κ3) is 6.41. The smallest absolute Gasteiger partial charge is 0.322 e. The highest BCUT2D eigenvalue weighted by Gasteiger charge is 2.44. The zero-order chi connectivity index (χ0) is 17.6. The Morgan fingerprint density at radius 3 is 2.46 bits per heavy atom. The molecule has 0 radical (unpaired) electrons. The molecule has 10 heteroatoms. The van der Waals surface area contributed by atoms with E-state index in [1.807, 2.05) is 6.92 Å². The van der Waals surface area contributed by atoms with Crippen molar-refractivity contribution >= 4 is 18.4 Å². The zero-order valence-corrected chi connectivity index (χ0v) is 14.7. The van der Waals surface area contributed by atoms with E-state index in [0.717, 1.165) is 0 Å². The molecule has 0 aromatic heterocycles. The Hall–Kier alpha value is -0.520. The number of rotatable bonds is 8. The monoisotopic (exact) mass is 372 g/mol. The molecule has 2 unspecified atom stereocenters. The van der Waals surface area contributed by atoms with Crippen molar-refractivity contribution < 1.29 is 34.7 Å². The summed E-state index contributed by atoms with van der Waals surface area (Å²) in [5.41, 5.74) is 5.51. The number of nitrogens with two attached hydrogens (primary N) is 1. The van der Waals surface area contributed by atoms with Crippen LogP contribution in [-0.4, -0.2) is 75.9 Å². The van der Waals surface area contributed by atoms with Gasteiger partial charge in [-0.3, -0.25) is 10.1 Å². The Kier molecular flexibility index (Phi) is 10.9. The van der Waals surface area contributed by atoms with Crippen LogP contribution in [0.25, 0.3) is 0 Å². The number of esters is 1. The molecule has 1 heterocycles. The van der Waals surface area contributed by atoms with Gasteiger partial charge in [0, 0.05) is 0 Å². The molecule has 0 aromatic carbocycles. The van der Waals surface area contributed by atoms with E-state index in [1.54, 1.807) is 6.92 Å². The van der Waals surface area contributed by atoms with Crippen molar-refractivity contribution in [1.29, 1.82) is 0 Å². The van der Waals surface area contributed by atoms with E-state index < -0.39 is 48.9 Å². The van der Waals surface area contributed by atoms with E-state index >= 15 is 0 Å². The van der Waals surface area contributed by atoms with Crippen molar-refractivity contribution in [2.24, 2.45) is 5.73 Å². The minimum Gasteiger partial charge on any atom is -0.462 e.